The zero-order chi connectivity index (χ0) is 17.4. The molecule has 0 unspecified atom stereocenters. The van der Waals surface area contributed by atoms with Crippen LogP contribution in [-0.2, 0) is 11.3 Å². The first-order valence-corrected chi connectivity index (χ1v) is 7.40. The van der Waals surface area contributed by atoms with Crippen molar-refractivity contribution in [2.45, 2.75) is 20.4 Å². The quantitative estimate of drug-likeness (QED) is 0.341. The first-order valence-electron chi connectivity index (χ1n) is 7.02. The van der Waals surface area contributed by atoms with Gasteiger partial charge in [-0.2, -0.15) is 0 Å². The second kappa shape index (κ2) is 9.02. The largest absolute Gasteiger partial charge is 0.306 e. The average molecular weight is 335 g/mol. The summed E-state index contributed by atoms with van der Waals surface area (Å²) in [6, 6.07) is 5.68. The zero-order valence-corrected chi connectivity index (χ0v) is 13.9. The van der Waals surface area contributed by atoms with Crippen molar-refractivity contribution in [3.8, 4) is 0 Å². The van der Waals surface area contributed by atoms with Crippen LogP contribution >= 0.6 is 11.6 Å². The van der Waals surface area contributed by atoms with Gasteiger partial charge in [-0.1, -0.05) is 36.4 Å². The summed E-state index contributed by atoms with van der Waals surface area (Å²) in [4.78, 5) is 22.3. The van der Waals surface area contributed by atoms with E-state index in [0.717, 1.165) is 11.1 Å². The van der Waals surface area contributed by atoms with Gasteiger partial charge in [0, 0.05) is 23.2 Å². The van der Waals surface area contributed by atoms with Crippen molar-refractivity contribution in [2.75, 3.05) is 6.54 Å². The number of nitrogens with zero attached hydrogens (tertiary/aromatic N) is 1. The molecule has 0 aromatic heterocycles. The summed E-state index contributed by atoms with van der Waals surface area (Å²) in [5, 5.41) is 14.4. The Kier molecular flexibility index (Phi) is 7.38. The number of carbonyl (C=O) groups excluding carboxylic acids is 1. The Labute approximate surface area is 140 Å². The van der Waals surface area contributed by atoms with Crippen LogP contribution < -0.4 is 5.32 Å². The van der Waals surface area contributed by atoms with Crippen molar-refractivity contribution < 1.29 is 9.72 Å². The number of hydrogen-bond acceptors (Lipinski definition) is 4. The fraction of sp³-hybridized carbons (Fsp3) is 0.235. The van der Waals surface area contributed by atoms with E-state index >= 15 is 0 Å². The van der Waals surface area contributed by atoms with Crippen molar-refractivity contribution in [2.24, 2.45) is 0 Å². The topological polar surface area (TPSA) is 72.2 Å². The molecule has 0 fully saturated rings. The lowest BCUT2D eigenvalue weighted by Gasteiger charge is -2.07. The molecule has 6 heteroatoms. The second-order valence-electron chi connectivity index (χ2n) is 4.90. The third-order valence-corrected chi connectivity index (χ3v) is 3.51. The number of halogens is 1. The van der Waals surface area contributed by atoms with Gasteiger partial charge in [0.25, 0.3) is 5.70 Å². The Morgan fingerprint density at radius 3 is 2.70 bits per heavy atom. The predicted molar refractivity (Wildman–Crippen MR) is 91.9 cm³/mol. The van der Waals surface area contributed by atoms with Gasteiger partial charge < -0.3 is 5.32 Å². The molecule has 1 N–H and O–H groups in total. The van der Waals surface area contributed by atoms with Gasteiger partial charge in [-0.05, 0) is 37.1 Å². The molecule has 122 valence electrons. The van der Waals surface area contributed by atoms with Gasteiger partial charge in [-0.25, -0.2) is 0 Å². The molecule has 5 nitrogen and oxygen atoms in total. The molecule has 0 radical (unpaired) electrons. The predicted octanol–water partition coefficient (Wildman–Crippen LogP) is 3.60. The van der Waals surface area contributed by atoms with E-state index in [0.29, 0.717) is 11.6 Å². The maximum absolute atomic E-state index is 12.1. The number of Topliss-reactive ketones (excluding diaryl/α,β-unsaturated/α-hetero) is 1. The lowest BCUT2D eigenvalue weighted by atomic mass is 10.1. The molecular formula is C17H19ClN2O3. The van der Waals surface area contributed by atoms with E-state index in [1.807, 2.05) is 25.1 Å². The molecule has 0 heterocycles. The highest BCUT2D eigenvalue weighted by atomic mass is 35.5. The van der Waals surface area contributed by atoms with Crippen LogP contribution in [0.1, 0.15) is 18.1 Å². The molecule has 1 rings (SSSR count). The number of ketones is 1. The van der Waals surface area contributed by atoms with Crippen molar-refractivity contribution >= 4 is 17.4 Å². The molecule has 0 amide bonds. The van der Waals surface area contributed by atoms with Gasteiger partial charge >= 0.3 is 0 Å². The molecule has 0 aliphatic carbocycles. The maximum atomic E-state index is 12.1. The number of hydrogen-bond donors (Lipinski definition) is 1. The van der Waals surface area contributed by atoms with Crippen molar-refractivity contribution in [3.05, 3.63) is 80.5 Å². The van der Waals surface area contributed by atoms with E-state index in [2.05, 4.69) is 11.9 Å². The summed E-state index contributed by atoms with van der Waals surface area (Å²) in [6.07, 6.45) is 3.86. The minimum absolute atomic E-state index is 0.0385. The number of benzene rings is 1. The van der Waals surface area contributed by atoms with E-state index in [-0.39, 0.29) is 23.6 Å². The Balaban J connectivity index is 2.69. The maximum Gasteiger partial charge on any atom is 0.265 e. The first-order chi connectivity index (χ1) is 10.9. The zero-order valence-electron chi connectivity index (χ0n) is 13.1. The Morgan fingerprint density at radius 1 is 1.48 bits per heavy atom. The molecular weight excluding hydrogens is 316 g/mol. The van der Waals surface area contributed by atoms with E-state index in [4.69, 9.17) is 11.6 Å². The van der Waals surface area contributed by atoms with Crippen LogP contribution in [0.25, 0.3) is 0 Å². The van der Waals surface area contributed by atoms with E-state index in [1.54, 1.807) is 0 Å². The summed E-state index contributed by atoms with van der Waals surface area (Å²) < 4.78 is 0. The van der Waals surface area contributed by atoms with Gasteiger partial charge in [-0.3, -0.25) is 14.9 Å². The van der Waals surface area contributed by atoms with Gasteiger partial charge in [0.1, 0.15) is 0 Å². The molecule has 0 saturated carbocycles. The lowest BCUT2D eigenvalue weighted by Crippen LogP contribution is -2.23. The molecule has 0 spiro atoms. The van der Waals surface area contributed by atoms with Crippen molar-refractivity contribution in [1.29, 1.82) is 0 Å². The highest BCUT2D eigenvalue weighted by Gasteiger charge is 2.12. The van der Waals surface area contributed by atoms with Gasteiger partial charge in [0.05, 0.1) is 11.5 Å². The molecule has 0 bridgehead atoms. The average Bonchev–Trinajstić information content (AvgIpc) is 2.50. The normalized spacial score (nSPS) is 12.1. The summed E-state index contributed by atoms with van der Waals surface area (Å²) in [6.45, 7) is 7.49. The molecule has 1 aromatic rings. The number of allylic oxidation sites excluding steroid dienone is 3. The summed E-state index contributed by atoms with van der Waals surface area (Å²) in [5.41, 5.74) is 1.99. The van der Waals surface area contributed by atoms with Gasteiger partial charge in [0.2, 0.25) is 0 Å². The number of carbonyl (C=O) groups is 1. The van der Waals surface area contributed by atoms with E-state index < -0.39 is 4.92 Å². The summed E-state index contributed by atoms with van der Waals surface area (Å²) >= 11 is 6.12. The third kappa shape index (κ3) is 5.81. The highest BCUT2D eigenvalue weighted by Crippen LogP contribution is 2.17. The minimum Gasteiger partial charge on any atom is -0.306 e. The Morgan fingerprint density at radius 2 is 2.17 bits per heavy atom. The molecule has 23 heavy (non-hydrogen) atoms. The molecule has 0 aliphatic rings. The van der Waals surface area contributed by atoms with E-state index in [9.17, 15) is 14.9 Å². The van der Waals surface area contributed by atoms with Crippen LogP contribution in [0.4, 0.5) is 0 Å². The number of aryl methyl sites for hydroxylation is 1. The minimum atomic E-state index is -0.545. The molecule has 1 aromatic carbocycles. The number of nitro groups is 1. The van der Waals surface area contributed by atoms with Crippen LogP contribution in [-0.4, -0.2) is 17.3 Å². The first kappa shape index (κ1) is 18.8. The van der Waals surface area contributed by atoms with Crippen molar-refractivity contribution in [3.63, 3.8) is 0 Å². The van der Waals surface area contributed by atoms with E-state index in [1.165, 1.54) is 25.2 Å². The standard InChI is InChI=1S/C17H19ClN2O3/c1-4-13(9-15(5-2)20(22)23)17(21)11-19-10-14-7-6-12(3)8-16(14)18/h4-9,19H,1,10-11H2,2-3H3/b13-9+,15-5+. The number of nitrogens with one attached hydrogen (secondary N) is 1. The van der Waals surface area contributed by atoms with Crippen LogP contribution in [0.15, 0.2) is 54.3 Å². The second-order valence-corrected chi connectivity index (χ2v) is 5.30. The van der Waals surface area contributed by atoms with Gasteiger partial charge in [-0.15, -0.1) is 0 Å². The van der Waals surface area contributed by atoms with Crippen LogP contribution in [0, 0.1) is 17.0 Å². The summed E-state index contributed by atoms with van der Waals surface area (Å²) in [5.74, 6) is -0.274. The van der Waals surface area contributed by atoms with Crippen LogP contribution in [0.2, 0.25) is 5.02 Å². The summed E-state index contributed by atoms with van der Waals surface area (Å²) in [7, 11) is 0. The Hall–Kier alpha value is -2.24. The molecule has 0 aliphatic heterocycles. The third-order valence-electron chi connectivity index (χ3n) is 3.16. The number of rotatable bonds is 8. The monoisotopic (exact) mass is 334 g/mol. The van der Waals surface area contributed by atoms with Crippen LogP contribution in [0.3, 0.4) is 0 Å². The lowest BCUT2D eigenvalue weighted by molar-refractivity contribution is -0.419. The fourth-order valence-corrected chi connectivity index (χ4v) is 2.16. The van der Waals surface area contributed by atoms with Gasteiger partial charge in [0.15, 0.2) is 5.78 Å². The fourth-order valence-electron chi connectivity index (χ4n) is 1.86. The Bertz CT molecular complexity index is 678. The van der Waals surface area contributed by atoms with Crippen LogP contribution in [0.5, 0.6) is 0 Å². The molecule has 0 atom stereocenters. The smallest absolute Gasteiger partial charge is 0.265 e. The van der Waals surface area contributed by atoms with Crippen molar-refractivity contribution in [1.82, 2.24) is 5.32 Å². The molecule has 0 saturated heterocycles. The highest BCUT2D eigenvalue weighted by molar-refractivity contribution is 6.31. The SMILES string of the molecule is C=C/C(=C\C(=C/C)[N+](=O)[O-])C(=O)CNCc1ccc(C)cc1Cl.